The Labute approximate surface area is 176 Å². The maximum Gasteiger partial charge on any atom is 0.127 e. The molecule has 0 saturated heterocycles. The summed E-state index contributed by atoms with van der Waals surface area (Å²) in [6, 6.07) is 9.58. The summed E-state index contributed by atoms with van der Waals surface area (Å²) < 4.78 is 14.7. The van der Waals surface area contributed by atoms with E-state index in [1.54, 1.807) is 6.07 Å². The molecule has 1 aromatic heterocycles. The van der Waals surface area contributed by atoms with E-state index in [1.807, 2.05) is 24.3 Å². The molecule has 1 aliphatic rings. The molecule has 1 heterocycles. The Hall–Kier alpha value is -1.77. The fourth-order valence-electron chi connectivity index (χ4n) is 4.69. The van der Waals surface area contributed by atoms with Gasteiger partial charge in [0.2, 0.25) is 0 Å². The van der Waals surface area contributed by atoms with Gasteiger partial charge >= 0.3 is 0 Å². The number of nitrogens with zero attached hydrogens (tertiary/aromatic N) is 2. The third kappa shape index (κ3) is 6.62. The van der Waals surface area contributed by atoms with Crippen LogP contribution in [0.4, 0.5) is 4.39 Å². The van der Waals surface area contributed by atoms with E-state index < -0.39 is 0 Å². The van der Waals surface area contributed by atoms with Crippen molar-refractivity contribution in [2.24, 2.45) is 11.8 Å². The fraction of sp³-hybridized carbons (Fsp3) is 0.615. The third-order valence-electron chi connectivity index (χ3n) is 6.59. The molecule has 0 spiro atoms. The van der Waals surface area contributed by atoms with Gasteiger partial charge in [-0.05, 0) is 61.3 Å². The minimum atomic E-state index is -0.101. The van der Waals surface area contributed by atoms with Gasteiger partial charge in [-0.1, -0.05) is 77.3 Å². The Morgan fingerprint density at radius 3 is 2.21 bits per heavy atom. The minimum Gasteiger partial charge on any atom is -0.207 e. The first-order valence-electron chi connectivity index (χ1n) is 11.8. The van der Waals surface area contributed by atoms with E-state index in [2.05, 4.69) is 24.0 Å². The van der Waals surface area contributed by atoms with Crippen LogP contribution in [-0.2, 0) is 12.8 Å². The topological polar surface area (TPSA) is 25.8 Å². The summed E-state index contributed by atoms with van der Waals surface area (Å²) in [6.45, 7) is 4.48. The Morgan fingerprint density at radius 2 is 1.59 bits per heavy atom. The molecule has 2 nitrogen and oxygen atoms in total. The second-order valence-electron chi connectivity index (χ2n) is 8.89. The average Bonchev–Trinajstić information content (AvgIpc) is 2.75. The molecule has 1 aromatic carbocycles. The van der Waals surface area contributed by atoms with Gasteiger partial charge in [0.15, 0.2) is 0 Å². The van der Waals surface area contributed by atoms with Gasteiger partial charge < -0.3 is 0 Å². The second-order valence-corrected chi connectivity index (χ2v) is 8.89. The lowest BCUT2D eigenvalue weighted by Gasteiger charge is -2.28. The number of aryl methyl sites for hydroxylation is 2. The molecular weight excluding hydrogens is 359 g/mol. The van der Waals surface area contributed by atoms with Gasteiger partial charge in [-0.25, -0.2) is 4.39 Å². The van der Waals surface area contributed by atoms with Crippen molar-refractivity contribution in [1.82, 2.24) is 10.2 Å². The fourth-order valence-corrected chi connectivity index (χ4v) is 4.69. The van der Waals surface area contributed by atoms with Crippen molar-refractivity contribution in [2.45, 2.75) is 90.9 Å². The molecule has 0 radical (unpaired) electrons. The second kappa shape index (κ2) is 11.4. The lowest BCUT2D eigenvalue weighted by atomic mass is 9.78. The van der Waals surface area contributed by atoms with Gasteiger partial charge in [0.25, 0.3) is 0 Å². The third-order valence-corrected chi connectivity index (χ3v) is 6.59. The molecule has 0 aliphatic heterocycles. The molecule has 1 saturated carbocycles. The van der Waals surface area contributed by atoms with Crippen molar-refractivity contribution in [2.75, 3.05) is 0 Å². The first-order chi connectivity index (χ1) is 14.2. The summed E-state index contributed by atoms with van der Waals surface area (Å²) in [5.41, 5.74) is 3.43. The van der Waals surface area contributed by atoms with Crippen molar-refractivity contribution in [1.29, 1.82) is 0 Å². The van der Waals surface area contributed by atoms with E-state index in [0.29, 0.717) is 0 Å². The highest BCUT2D eigenvalue weighted by Crippen LogP contribution is 2.34. The van der Waals surface area contributed by atoms with E-state index in [1.165, 1.54) is 51.4 Å². The highest BCUT2D eigenvalue weighted by atomic mass is 19.1. The van der Waals surface area contributed by atoms with E-state index in [0.717, 1.165) is 60.0 Å². The van der Waals surface area contributed by atoms with Crippen LogP contribution < -0.4 is 0 Å². The summed E-state index contributed by atoms with van der Waals surface area (Å²) in [6.07, 6.45) is 14.6. The monoisotopic (exact) mass is 396 g/mol. The van der Waals surface area contributed by atoms with Gasteiger partial charge in [0.05, 0.1) is 11.4 Å². The minimum absolute atomic E-state index is 0.101. The largest absolute Gasteiger partial charge is 0.207 e. The molecule has 2 aromatic rings. The SMILES string of the molecule is CCCCCc1ccc(-c2ccc(CC[C@H]3CC[C@H](CCC)CC3)c(F)c2)nn1. The predicted molar refractivity (Wildman–Crippen MR) is 119 cm³/mol. The quantitative estimate of drug-likeness (QED) is 0.387. The van der Waals surface area contributed by atoms with Gasteiger partial charge in [-0.2, -0.15) is 10.2 Å². The van der Waals surface area contributed by atoms with Crippen LogP contribution in [0, 0.1) is 17.7 Å². The van der Waals surface area contributed by atoms with Crippen LogP contribution in [0.5, 0.6) is 0 Å². The Bertz CT molecular complexity index is 733. The van der Waals surface area contributed by atoms with E-state index in [4.69, 9.17) is 0 Å². The van der Waals surface area contributed by atoms with Gasteiger partial charge in [0.1, 0.15) is 5.82 Å². The van der Waals surface area contributed by atoms with Gasteiger partial charge in [-0.3, -0.25) is 0 Å². The van der Waals surface area contributed by atoms with Crippen LogP contribution in [0.3, 0.4) is 0 Å². The molecule has 0 amide bonds. The summed E-state index contributed by atoms with van der Waals surface area (Å²) >= 11 is 0. The van der Waals surface area contributed by atoms with Gasteiger partial charge in [0, 0.05) is 5.56 Å². The number of rotatable bonds is 10. The molecule has 0 N–H and O–H groups in total. The summed E-state index contributed by atoms with van der Waals surface area (Å²) in [5.74, 6) is 1.61. The van der Waals surface area contributed by atoms with E-state index >= 15 is 0 Å². The molecule has 0 unspecified atom stereocenters. The molecule has 0 atom stereocenters. The zero-order valence-electron chi connectivity index (χ0n) is 18.3. The molecule has 3 rings (SSSR count). The maximum atomic E-state index is 14.7. The number of halogens is 1. The molecular formula is C26H37FN2. The molecule has 1 aliphatic carbocycles. The maximum absolute atomic E-state index is 14.7. The lowest BCUT2D eigenvalue weighted by molar-refractivity contribution is 0.252. The molecule has 29 heavy (non-hydrogen) atoms. The molecule has 3 heteroatoms. The number of hydrogen-bond acceptors (Lipinski definition) is 2. The average molecular weight is 397 g/mol. The number of unbranched alkanes of at least 4 members (excludes halogenated alkanes) is 2. The highest BCUT2D eigenvalue weighted by molar-refractivity contribution is 5.59. The number of aromatic nitrogens is 2. The zero-order valence-corrected chi connectivity index (χ0v) is 18.3. The van der Waals surface area contributed by atoms with Crippen molar-refractivity contribution in [3.8, 4) is 11.3 Å². The van der Waals surface area contributed by atoms with Crippen LogP contribution in [0.15, 0.2) is 30.3 Å². The van der Waals surface area contributed by atoms with Crippen LogP contribution in [0.1, 0.15) is 89.3 Å². The molecule has 1 fully saturated rings. The first-order valence-corrected chi connectivity index (χ1v) is 11.8. The van der Waals surface area contributed by atoms with Crippen molar-refractivity contribution >= 4 is 0 Å². The Kier molecular flexibility index (Phi) is 8.64. The smallest absolute Gasteiger partial charge is 0.127 e. The Balaban J connectivity index is 1.52. The van der Waals surface area contributed by atoms with E-state index in [-0.39, 0.29) is 5.82 Å². The van der Waals surface area contributed by atoms with Crippen molar-refractivity contribution in [3.05, 3.63) is 47.4 Å². The van der Waals surface area contributed by atoms with Crippen LogP contribution in [0.25, 0.3) is 11.3 Å². The zero-order chi connectivity index (χ0) is 20.5. The van der Waals surface area contributed by atoms with E-state index in [9.17, 15) is 4.39 Å². The summed E-state index contributed by atoms with van der Waals surface area (Å²) in [5, 5.41) is 8.65. The Morgan fingerprint density at radius 1 is 0.828 bits per heavy atom. The van der Waals surface area contributed by atoms with Crippen LogP contribution in [0.2, 0.25) is 0 Å². The summed E-state index contributed by atoms with van der Waals surface area (Å²) in [4.78, 5) is 0. The van der Waals surface area contributed by atoms with Crippen molar-refractivity contribution < 1.29 is 4.39 Å². The number of benzene rings is 1. The molecule has 0 bridgehead atoms. The first kappa shape index (κ1) is 21.9. The number of hydrogen-bond donors (Lipinski definition) is 0. The molecule has 158 valence electrons. The predicted octanol–water partition coefficient (Wildman–Crippen LogP) is 7.55. The normalized spacial score (nSPS) is 19.4. The van der Waals surface area contributed by atoms with Crippen LogP contribution >= 0.6 is 0 Å². The highest BCUT2D eigenvalue weighted by Gasteiger charge is 2.20. The van der Waals surface area contributed by atoms with Crippen molar-refractivity contribution in [3.63, 3.8) is 0 Å². The lowest BCUT2D eigenvalue weighted by Crippen LogP contribution is -2.15. The standard InChI is InChI=1S/C26H37FN2/c1-3-5-6-8-24-17-18-26(29-28-24)23-16-15-22(25(27)19-23)14-13-21-11-9-20(7-4-2)10-12-21/h15-21H,3-14H2,1-2H3/t20-,21-. The summed E-state index contributed by atoms with van der Waals surface area (Å²) in [7, 11) is 0. The van der Waals surface area contributed by atoms with Gasteiger partial charge in [-0.15, -0.1) is 0 Å². The van der Waals surface area contributed by atoms with Crippen LogP contribution in [-0.4, -0.2) is 10.2 Å².